The van der Waals surface area contributed by atoms with Crippen molar-refractivity contribution in [2.75, 3.05) is 26.2 Å². The highest BCUT2D eigenvalue weighted by molar-refractivity contribution is 5.05. The lowest BCUT2D eigenvalue weighted by Crippen LogP contribution is -2.34. The van der Waals surface area contributed by atoms with Gasteiger partial charge in [-0.25, -0.2) is 0 Å². The molecular weight excluding hydrogens is 184 g/mol. The van der Waals surface area contributed by atoms with E-state index >= 15 is 0 Å². The molecule has 0 radical (unpaired) electrons. The molecule has 1 saturated carbocycles. The van der Waals surface area contributed by atoms with Gasteiger partial charge in [0.2, 0.25) is 0 Å². The van der Waals surface area contributed by atoms with Gasteiger partial charge >= 0.3 is 0 Å². The van der Waals surface area contributed by atoms with Gasteiger partial charge in [-0.2, -0.15) is 0 Å². The van der Waals surface area contributed by atoms with Crippen molar-refractivity contribution < 1.29 is 0 Å². The topological polar surface area (TPSA) is 15.3 Å². The van der Waals surface area contributed by atoms with Crippen LogP contribution in [-0.4, -0.2) is 37.1 Å². The zero-order valence-electron chi connectivity index (χ0n) is 9.97. The molecule has 0 aromatic rings. The fraction of sp³-hybridized carbons (Fsp3) is 1.00. The van der Waals surface area contributed by atoms with E-state index in [0.717, 1.165) is 17.4 Å². The molecule has 2 aliphatic heterocycles. The summed E-state index contributed by atoms with van der Waals surface area (Å²) in [5.74, 6) is 1.04. The third-order valence-electron chi connectivity index (χ3n) is 5.10. The number of rotatable bonds is 2. The minimum atomic E-state index is 0.785. The molecule has 2 nitrogen and oxygen atoms in total. The maximum absolute atomic E-state index is 3.49. The van der Waals surface area contributed by atoms with Crippen molar-refractivity contribution in [2.45, 2.75) is 45.1 Å². The molecule has 0 bridgehead atoms. The quantitative estimate of drug-likeness (QED) is 0.745. The standard InChI is InChI=1S/C13H24N2/c1-11-3-2-8-15(11)10-12-9-13(12)4-6-14-7-5-13/h11-12,14H,2-10H2,1H3. The monoisotopic (exact) mass is 208 g/mol. The summed E-state index contributed by atoms with van der Waals surface area (Å²) in [4.78, 5) is 2.74. The molecule has 3 fully saturated rings. The molecule has 3 aliphatic rings. The molecule has 15 heavy (non-hydrogen) atoms. The summed E-state index contributed by atoms with van der Waals surface area (Å²) in [7, 11) is 0. The van der Waals surface area contributed by atoms with Gasteiger partial charge in [0.05, 0.1) is 0 Å². The first-order chi connectivity index (χ1) is 7.30. The molecule has 2 heteroatoms. The molecule has 2 saturated heterocycles. The second kappa shape index (κ2) is 3.74. The average Bonchev–Trinajstić information content (AvgIpc) is 2.71. The fourth-order valence-corrected chi connectivity index (χ4v) is 3.77. The second-order valence-corrected chi connectivity index (χ2v) is 6.00. The van der Waals surface area contributed by atoms with Crippen molar-refractivity contribution in [2.24, 2.45) is 11.3 Å². The summed E-state index contributed by atoms with van der Waals surface area (Å²) in [6.07, 6.45) is 7.28. The van der Waals surface area contributed by atoms with Crippen molar-refractivity contribution in [3.63, 3.8) is 0 Å². The number of piperidine rings is 1. The van der Waals surface area contributed by atoms with Gasteiger partial charge in [0, 0.05) is 12.6 Å². The van der Waals surface area contributed by atoms with E-state index in [-0.39, 0.29) is 0 Å². The van der Waals surface area contributed by atoms with Crippen LogP contribution in [0.25, 0.3) is 0 Å². The molecule has 2 heterocycles. The Morgan fingerprint density at radius 1 is 1.33 bits per heavy atom. The minimum Gasteiger partial charge on any atom is -0.317 e. The summed E-state index contributed by atoms with van der Waals surface area (Å²) in [6, 6.07) is 0.865. The fourth-order valence-electron chi connectivity index (χ4n) is 3.77. The van der Waals surface area contributed by atoms with Crippen LogP contribution in [0.4, 0.5) is 0 Å². The highest BCUT2D eigenvalue weighted by Gasteiger charge is 2.54. The Bertz CT molecular complexity index is 233. The lowest BCUT2D eigenvalue weighted by molar-refractivity contribution is 0.225. The van der Waals surface area contributed by atoms with Crippen LogP contribution >= 0.6 is 0 Å². The molecule has 0 aromatic carbocycles. The van der Waals surface area contributed by atoms with Crippen molar-refractivity contribution in [1.82, 2.24) is 10.2 Å². The van der Waals surface area contributed by atoms with Gasteiger partial charge in [-0.3, -0.25) is 0 Å². The Balaban J connectivity index is 1.53. The smallest absolute Gasteiger partial charge is 0.00675 e. The first-order valence-corrected chi connectivity index (χ1v) is 6.75. The van der Waals surface area contributed by atoms with Crippen molar-refractivity contribution in [3.8, 4) is 0 Å². The van der Waals surface area contributed by atoms with Crippen molar-refractivity contribution in [3.05, 3.63) is 0 Å². The first kappa shape index (κ1) is 10.1. The van der Waals surface area contributed by atoms with E-state index in [4.69, 9.17) is 0 Å². The zero-order valence-corrected chi connectivity index (χ0v) is 9.97. The molecule has 1 N–H and O–H groups in total. The molecule has 1 aliphatic carbocycles. The van der Waals surface area contributed by atoms with Gasteiger partial charge in [-0.15, -0.1) is 0 Å². The Kier molecular flexibility index (Phi) is 2.52. The van der Waals surface area contributed by atoms with Crippen LogP contribution in [0.5, 0.6) is 0 Å². The van der Waals surface area contributed by atoms with Crippen molar-refractivity contribution >= 4 is 0 Å². The zero-order chi connectivity index (χ0) is 10.3. The molecule has 3 rings (SSSR count). The number of hydrogen-bond donors (Lipinski definition) is 1. The van der Waals surface area contributed by atoms with Gasteiger partial charge in [-0.1, -0.05) is 0 Å². The Hall–Kier alpha value is -0.0800. The van der Waals surface area contributed by atoms with E-state index in [0.29, 0.717) is 0 Å². The first-order valence-electron chi connectivity index (χ1n) is 6.75. The lowest BCUT2D eigenvalue weighted by Gasteiger charge is -2.26. The van der Waals surface area contributed by atoms with Crippen LogP contribution in [-0.2, 0) is 0 Å². The normalized spacial score (nSPS) is 39.8. The minimum absolute atomic E-state index is 0.785. The highest BCUT2D eigenvalue weighted by Crippen LogP contribution is 2.58. The van der Waals surface area contributed by atoms with Crippen LogP contribution in [0.15, 0.2) is 0 Å². The van der Waals surface area contributed by atoms with Crippen LogP contribution in [0.1, 0.15) is 39.0 Å². The number of nitrogens with one attached hydrogen (secondary N) is 1. The molecule has 86 valence electrons. The van der Waals surface area contributed by atoms with E-state index in [1.54, 1.807) is 0 Å². The molecule has 2 atom stereocenters. The third kappa shape index (κ3) is 1.83. The van der Waals surface area contributed by atoms with Gasteiger partial charge in [-0.05, 0) is 70.0 Å². The van der Waals surface area contributed by atoms with E-state index in [2.05, 4.69) is 17.1 Å². The Morgan fingerprint density at radius 3 is 2.80 bits per heavy atom. The summed E-state index contributed by atoms with van der Waals surface area (Å²) >= 11 is 0. The van der Waals surface area contributed by atoms with Crippen LogP contribution in [0.3, 0.4) is 0 Å². The maximum Gasteiger partial charge on any atom is 0.00675 e. The summed E-state index contributed by atoms with van der Waals surface area (Å²) < 4.78 is 0. The maximum atomic E-state index is 3.49. The number of nitrogens with zero attached hydrogens (tertiary/aromatic N) is 1. The van der Waals surface area contributed by atoms with E-state index in [1.807, 2.05) is 0 Å². The third-order valence-corrected chi connectivity index (χ3v) is 5.10. The van der Waals surface area contributed by atoms with Crippen molar-refractivity contribution in [1.29, 1.82) is 0 Å². The predicted octanol–water partition coefficient (Wildman–Crippen LogP) is 1.86. The predicted molar refractivity (Wildman–Crippen MR) is 62.9 cm³/mol. The van der Waals surface area contributed by atoms with Gasteiger partial charge in [0.1, 0.15) is 0 Å². The van der Waals surface area contributed by atoms with Gasteiger partial charge in [0.25, 0.3) is 0 Å². The molecule has 0 amide bonds. The van der Waals surface area contributed by atoms with Crippen LogP contribution in [0.2, 0.25) is 0 Å². The average molecular weight is 208 g/mol. The number of likely N-dealkylation sites (tertiary alicyclic amines) is 1. The van der Waals surface area contributed by atoms with Gasteiger partial charge in [0.15, 0.2) is 0 Å². The van der Waals surface area contributed by atoms with E-state index < -0.39 is 0 Å². The van der Waals surface area contributed by atoms with E-state index in [9.17, 15) is 0 Å². The largest absolute Gasteiger partial charge is 0.317 e. The SMILES string of the molecule is CC1CCCN1CC1CC12CCNCC2. The van der Waals surface area contributed by atoms with Crippen LogP contribution in [0, 0.1) is 11.3 Å². The Morgan fingerprint density at radius 2 is 2.13 bits per heavy atom. The Labute approximate surface area is 93.4 Å². The van der Waals surface area contributed by atoms with E-state index in [1.165, 1.54) is 58.3 Å². The molecule has 1 spiro atoms. The second-order valence-electron chi connectivity index (χ2n) is 6.00. The van der Waals surface area contributed by atoms with Crippen LogP contribution < -0.4 is 5.32 Å². The summed E-state index contributed by atoms with van der Waals surface area (Å²) in [5, 5.41) is 3.49. The summed E-state index contributed by atoms with van der Waals surface area (Å²) in [6.45, 7) is 7.72. The lowest BCUT2D eigenvalue weighted by atomic mass is 9.92. The summed E-state index contributed by atoms with van der Waals surface area (Å²) in [5.41, 5.74) is 0.785. The highest BCUT2D eigenvalue weighted by atomic mass is 15.2. The molecule has 0 aromatic heterocycles. The molecular formula is C13H24N2. The van der Waals surface area contributed by atoms with Gasteiger partial charge < -0.3 is 10.2 Å². The molecule has 2 unspecified atom stereocenters. The number of hydrogen-bond acceptors (Lipinski definition) is 2.